The van der Waals surface area contributed by atoms with Crippen molar-refractivity contribution in [1.29, 1.82) is 0 Å². The molecule has 8 heteroatoms. The van der Waals surface area contributed by atoms with Gasteiger partial charge in [0.1, 0.15) is 23.6 Å². The molecule has 0 unspecified atom stereocenters. The SMILES string of the molecule is COc1ccc(C(=O)NC[C@H]2OC[C@@](O)(CNC(=O)c3ccccc3)[C@@H]2O)cc1. The molecule has 0 aliphatic carbocycles. The van der Waals surface area contributed by atoms with Crippen LogP contribution in [0.1, 0.15) is 20.7 Å². The molecule has 3 rings (SSSR count). The van der Waals surface area contributed by atoms with Gasteiger partial charge in [0, 0.05) is 17.7 Å². The topological polar surface area (TPSA) is 117 Å². The Bertz CT molecular complexity index is 842. The highest BCUT2D eigenvalue weighted by atomic mass is 16.5. The lowest BCUT2D eigenvalue weighted by Gasteiger charge is -2.26. The summed E-state index contributed by atoms with van der Waals surface area (Å²) in [5, 5.41) is 26.4. The van der Waals surface area contributed by atoms with Gasteiger partial charge in [0.2, 0.25) is 0 Å². The number of hydrogen-bond donors (Lipinski definition) is 4. The standard InChI is InChI=1S/C21H24N2O6/c1-28-16-9-7-15(8-10-16)19(25)22-11-17-18(24)21(27,13-29-17)12-23-20(26)14-5-3-2-4-6-14/h2-10,17-18,24,27H,11-13H2,1H3,(H,22,25)(H,23,26)/t17-,18-,21+/m1/s1. The first-order valence-corrected chi connectivity index (χ1v) is 9.20. The number of aliphatic hydroxyl groups excluding tert-OH is 1. The van der Waals surface area contributed by atoms with Gasteiger partial charge in [0.15, 0.2) is 0 Å². The molecule has 0 spiro atoms. The van der Waals surface area contributed by atoms with Crippen molar-refractivity contribution < 1.29 is 29.3 Å². The molecule has 0 bridgehead atoms. The van der Waals surface area contributed by atoms with Crippen molar-refractivity contribution in [3.63, 3.8) is 0 Å². The minimum absolute atomic E-state index is 0.0149. The van der Waals surface area contributed by atoms with Crippen LogP contribution in [-0.2, 0) is 4.74 Å². The molecule has 0 saturated carbocycles. The second kappa shape index (κ2) is 9.04. The summed E-state index contributed by atoms with van der Waals surface area (Å²) >= 11 is 0. The quantitative estimate of drug-likeness (QED) is 0.533. The van der Waals surface area contributed by atoms with E-state index in [1.165, 1.54) is 7.11 Å². The van der Waals surface area contributed by atoms with E-state index < -0.39 is 17.8 Å². The number of methoxy groups -OCH3 is 1. The zero-order chi connectivity index (χ0) is 20.9. The van der Waals surface area contributed by atoms with E-state index in [4.69, 9.17) is 9.47 Å². The number of carbonyl (C=O) groups excluding carboxylic acids is 2. The van der Waals surface area contributed by atoms with Crippen LogP contribution < -0.4 is 15.4 Å². The molecule has 0 aromatic heterocycles. The van der Waals surface area contributed by atoms with Gasteiger partial charge in [-0.15, -0.1) is 0 Å². The third kappa shape index (κ3) is 4.92. The maximum absolute atomic E-state index is 12.2. The summed E-state index contributed by atoms with van der Waals surface area (Å²) in [5.41, 5.74) is -0.753. The average Bonchev–Trinajstić information content (AvgIpc) is 3.05. The lowest BCUT2D eigenvalue weighted by Crippen LogP contribution is -2.53. The fourth-order valence-electron chi connectivity index (χ4n) is 3.06. The van der Waals surface area contributed by atoms with E-state index in [2.05, 4.69) is 10.6 Å². The number of rotatable bonds is 7. The van der Waals surface area contributed by atoms with Crippen LogP contribution in [0.2, 0.25) is 0 Å². The Morgan fingerprint density at radius 3 is 2.34 bits per heavy atom. The first kappa shape index (κ1) is 20.8. The zero-order valence-electron chi connectivity index (χ0n) is 16.0. The van der Waals surface area contributed by atoms with E-state index in [1.54, 1.807) is 54.6 Å². The van der Waals surface area contributed by atoms with Crippen LogP contribution in [0, 0.1) is 0 Å². The fraction of sp³-hybridized carbons (Fsp3) is 0.333. The van der Waals surface area contributed by atoms with E-state index in [0.29, 0.717) is 16.9 Å². The highest BCUT2D eigenvalue weighted by Crippen LogP contribution is 2.24. The number of amides is 2. The molecule has 1 aliphatic rings. The summed E-state index contributed by atoms with van der Waals surface area (Å²) < 4.78 is 10.5. The number of ether oxygens (including phenoxy) is 2. The van der Waals surface area contributed by atoms with Gasteiger partial charge < -0.3 is 30.3 Å². The first-order chi connectivity index (χ1) is 13.9. The summed E-state index contributed by atoms with van der Waals surface area (Å²) in [7, 11) is 1.54. The Morgan fingerprint density at radius 1 is 1.07 bits per heavy atom. The molecule has 3 atom stereocenters. The van der Waals surface area contributed by atoms with Gasteiger partial charge in [0.05, 0.1) is 20.3 Å². The average molecular weight is 400 g/mol. The molecule has 4 N–H and O–H groups in total. The normalized spacial score (nSPS) is 23.4. The molecule has 0 radical (unpaired) electrons. The van der Waals surface area contributed by atoms with Gasteiger partial charge in [-0.1, -0.05) is 18.2 Å². The first-order valence-electron chi connectivity index (χ1n) is 9.20. The Hall–Kier alpha value is -2.94. The van der Waals surface area contributed by atoms with E-state index in [9.17, 15) is 19.8 Å². The van der Waals surface area contributed by atoms with Gasteiger partial charge in [0.25, 0.3) is 11.8 Å². The van der Waals surface area contributed by atoms with Crippen molar-refractivity contribution in [3.8, 4) is 5.75 Å². The van der Waals surface area contributed by atoms with Crippen LogP contribution >= 0.6 is 0 Å². The summed E-state index contributed by atoms with van der Waals surface area (Å²) in [6, 6.07) is 15.1. The van der Waals surface area contributed by atoms with E-state index in [1.807, 2.05) is 0 Å². The molecule has 154 valence electrons. The molecule has 8 nitrogen and oxygen atoms in total. The lowest BCUT2D eigenvalue weighted by atomic mass is 9.96. The highest BCUT2D eigenvalue weighted by Gasteiger charge is 2.48. The molecular weight excluding hydrogens is 376 g/mol. The zero-order valence-corrected chi connectivity index (χ0v) is 16.0. The maximum atomic E-state index is 12.2. The van der Waals surface area contributed by atoms with Crippen molar-refractivity contribution >= 4 is 11.8 Å². The van der Waals surface area contributed by atoms with Crippen LogP contribution in [0.15, 0.2) is 54.6 Å². The number of hydrogen-bond acceptors (Lipinski definition) is 6. The van der Waals surface area contributed by atoms with E-state index in [-0.39, 0.29) is 31.5 Å². The maximum Gasteiger partial charge on any atom is 0.251 e. The lowest BCUT2D eigenvalue weighted by molar-refractivity contribution is -0.0464. The molecule has 2 aromatic carbocycles. The van der Waals surface area contributed by atoms with E-state index >= 15 is 0 Å². The van der Waals surface area contributed by atoms with Gasteiger partial charge in [-0.25, -0.2) is 0 Å². The van der Waals surface area contributed by atoms with E-state index in [0.717, 1.165) is 0 Å². The fourth-order valence-corrected chi connectivity index (χ4v) is 3.06. The van der Waals surface area contributed by atoms with Gasteiger partial charge in [-0.05, 0) is 36.4 Å². The Morgan fingerprint density at radius 2 is 1.69 bits per heavy atom. The number of benzene rings is 2. The van der Waals surface area contributed by atoms with Crippen LogP contribution in [-0.4, -0.2) is 66.6 Å². The van der Waals surface area contributed by atoms with Crippen LogP contribution in [0.5, 0.6) is 5.75 Å². The third-order valence-electron chi connectivity index (χ3n) is 4.86. The third-order valence-corrected chi connectivity index (χ3v) is 4.86. The molecule has 1 fully saturated rings. The Labute approximate surface area is 168 Å². The number of nitrogens with one attached hydrogen (secondary N) is 2. The molecule has 29 heavy (non-hydrogen) atoms. The predicted molar refractivity (Wildman–Crippen MR) is 105 cm³/mol. The summed E-state index contributed by atoms with van der Waals surface area (Å²) in [5.74, 6) is -0.0579. The number of aliphatic hydroxyl groups is 2. The second-order valence-electron chi connectivity index (χ2n) is 6.89. The van der Waals surface area contributed by atoms with Crippen molar-refractivity contribution in [2.75, 3.05) is 26.8 Å². The van der Waals surface area contributed by atoms with Crippen molar-refractivity contribution in [2.45, 2.75) is 17.8 Å². The van der Waals surface area contributed by atoms with Crippen LogP contribution in [0.3, 0.4) is 0 Å². The number of carbonyl (C=O) groups is 2. The van der Waals surface area contributed by atoms with Crippen molar-refractivity contribution in [3.05, 3.63) is 65.7 Å². The molecular formula is C21H24N2O6. The minimum atomic E-state index is -1.64. The second-order valence-corrected chi connectivity index (χ2v) is 6.89. The predicted octanol–water partition coefficient (Wildman–Crippen LogP) is 0.346. The summed E-state index contributed by atoms with van der Waals surface area (Å²) in [4.78, 5) is 24.4. The Balaban J connectivity index is 1.51. The smallest absolute Gasteiger partial charge is 0.251 e. The molecule has 1 aliphatic heterocycles. The van der Waals surface area contributed by atoms with Crippen LogP contribution in [0.25, 0.3) is 0 Å². The Kier molecular flexibility index (Phi) is 6.48. The van der Waals surface area contributed by atoms with Gasteiger partial charge in [-0.3, -0.25) is 9.59 Å². The van der Waals surface area contributed by atoms with Crippen molar-refractivity contribution in [2.24, 2.45) is 0 Å². The van der Waals surface area contributed by atoms with Gasteiger partial charge >= 0.3 is 0 Å². The van der Waals surface area contributed by atoms with Crippen LogP contribution in [0.4, 0.5) is 0 Å². The molecule has 2 amide bonds. The monoisotopic (exact) mass is 400 g/mol. The molecule has 1 saturated heterocycles. The highest BCUT2D eigenvalue weighted by molar-refractivity contribution is 5.94. The minimum Gasteiger partial charge on any atom is -0.497 e. The van der Waals surface area contributed by atoms with Crippen molar-refractivity contribution in [1.82, 2.24) is 10.6 Å². The summed E-state index contributed by atoms with van der Waals surface area (Å²) in [6.07, 6.45) is -2.06. The molecule has 2 aromatic rings. The molecule has 1 heterocycles. The largest absolute Gasteiger partial charge is 0.497 e. The summed E-state index contributed by atoms with van der Waals surface area (Å²) in [6.45, 7) is -0.321. The van der Waals surface area contributed by atoms with Gasteiger partial charge in [-0.2, -0.15) is 0 Å².